The molecule has 1 atom stereocenters. The predicted octanol–water partition coefficient (Wildman–Crippen LogP) is 2.74. The molecule has 2 N–H and O–H groups in total. The van der Waals surface area contributed by atoms with Crippen LogP contribution in [-0.2, 0) is 6.42 Å². The Morgan fingerprint density at radius 2 is 2.31 bits per heavy atom. The van der Waals surface area contributed by atoms with Crippen molar-refractivity contribution < 1.29 is 0 Å². The summed E-state index contributed by atoms with van der Waals surface area (Å²) in [6, 6.07) is 0. The van der Waals surface area contributed by atoms with Gasteiger partial charge in [0, 0.05) is 11.8 Å². The van der Waals surface area contributed by atoms with Crippen LogP contribution in [0.15, 0.2) is 5.38 Å². The van der Waals surface area contributed by atoms with Gasteiger partial charge in [0.05, 0.1) is 10.5 Å². The molecule has 4 heteroatoms. The van der Waals surface area contributed by atoms with Gasteiger partial charge < -0.3 is 5.73 Å². The fraction of sp³-hybridized carbons (Fsp3) is 0.667. The van der Waals surface area contributed by atoms with Gasteiger partial charge in [0.2, 0.25) is 0 Å². The van der Waals surface area contributed by atoms with E-state index in [1.54, 1.807) is 11.3 Å². The Kier molecular flexibility index (Phi) is 4.35. The minimum Gasteiger partial charge on any atom is -0.330 e. The fourth-order valence-electron chi connectivity index (χ4n) is 0.997. The van der Waals surface area contributed by atoms with Crippen molar-refractivity contribution in [3.05, 3.63) is 16.1 Å². The molecule has 1 unspecified atom stereocenters. The molecule has 13 heavy (non-hydrogen) atoms. The third-order valence-electron chi connectivity index (χ3n) is 1.79. The lowest BCUT2D eigenvalue weighted by Crippen LogP contribution is -2.03. The second kappa shape index (κ2) is 5.08. The zero-order chi connectivity index (χ0) is 9.84. The molecule has 74 valence electrons. The van der Waals surface area contributed by atoms with E-state index in [0.717, 1.165) is 12.1 Å². The van der Waals surface area contributed by atoms with Gasteiger partial charge in [0.15, 0.2) is 0 Å². The van der Waals surface area contributed by atoms with E-state index in [4.69, 9.17) is 5.73 Å². The summed E-state index contributed by atoms with van der Waals surface area (Å²) in [5, 5.41) is 3.26. The minimum absolute atomic E-state index is 0.379. The molecule has 1 aromatic heterocycles. The summed E-state index contributed by atoms with van der Waals surface area (Å²) in [5.74, 6) is 0.580. The first-order valence-corrected chi connectivity index (χ1v) is 6.23. The summed E-state index contributed by atoms with van der Waals surface area (Å²) in [5.41, 5.74) is 6.58. The lowest BCUT2D eigenvalue weighted by atomic mass is 10.1. The van der Waals surface area contributed by atoms with Crippen molar-refractivity contribution in [2.45, 2.75) is 25.1 Å². The van der Waals surface area contributed by atoms with Gasteiger partial charge in [-0.05, 0) is 12.5 Å². The fourth-order valence-corrected chi connectivity index (χ4v) is 2.42. The van der Waals surface area contributed by atoms with Gasteiger partial charge in [-0.3, -0.25) is 0 Å². The highest BCUT2D eigenvalue weighted by molar-refractivity contribution is 9.09. The van der Waals surface area contributed by atoms with Crippen LogP contribution in [0.3, 0.4) is 0 Å². The molecule has 0 aliphatic heterocycles. The molecule has 1 aromatic rings. The van der Waals surface area contributed by atoms with E-state index in [1.807, 2.05) is 0 Å². The third-order valence-corrected chi connectivity index (χ3v) is 4.56. The smallest absolute Gasteiger partial charge is 0.107 e. The number of aromatic nitrogens is 1. The molecule has 0 aliphatic carbocycles. The molecule has 0 spiro atoms. The Balaban J connectivity index is 2.67. The predicted molar refractivity (Wildman–Crippen MR) is 61.4 cm³/mol. The largest absolute Gasteiger partial charge is 0.330 e. The van der Waals surface area contributed by atoms with Crippen LogP contribution in [0.2, 0.25) is 0 Å². The van der Waals surface area contributed by atoms with Gasteiger partial charge in [-0.1, -0.05) is 29.8 Å². The summed E-state index contributed by atoms with van der Waals surface area (Å²) < 4.78 is 0. The number of hydrogen-bond donors (Lipinski definition) is 1. The molecule has 0 amide bonds. The van der Waals surface area contributed by atoms with Crippen LogP contribution < -0.4 is 5.73 Å². The number of nitrogens with zero attached hydrogens (tertiary/aromatic N) is 1. The number of hydrogen-bond acceptors (Lipinski definition) is 3. The maximum Gasteiger partial charge on any atom is 0.107 e. The van der Waals surface area contributed by atoms with Crippen LogP contribution in [0.1, 0.15) is 29.4 Å². The van der Waals surface area contributed by atoms with Crippen molar-refractivity contribution in [1.29, 1.82) is 0 Å². The number of nitrogens with two attached hydrogens (primary N) is 1. The van der Waals surface area contributed by atoms with Crippen molar-refractivity contribution in [2.24, 2.45) is 11.7 Å². The zero-order valence-corrected chi connectivity index (χ0v) is 10.4. The zero-order valence-electron chi connectivity index (χ0n) is 7.96. The summed E-state index contributed by atoms with van der Waals surface area (Å²) in [4.78, 5) is 4.89. The second-order valence-corrected chi connectivity index (χ2v) is 5.24. The van der Waals surface area contributed by atoms with E-state index in [-0.39, 0.29) is 0 Å². The SMILES string of the molecule is CC(C)C(Br)c1nc(CCN)cs1. The number of rotatable bonds is 4. The first kappa shape index (κ1) is 11.1. The quantitative estimate of drug-likeness (QED) is 0.848. The van der Waals surface area contributed by atoms with Gasteiger partial charge in [-0.2, -0.15) is 0 Å². The van der Waals surface area contributed by atoms with E-state index < -0.39 is 0 Å². The molecule has 0 bridgehead atoms. The first-order valence-electron chi connectivity index (χ1n) is 4.43. The van der Waals surface area contributed by atoms with Crippen LogP contribution in [-0.4, -0.2) is 11.5 Å². The summed E-state index contributed by atoms with van der Waals surface area (Å²) in [6.07, 6.45) is 0.883. The Labute approximate surface area is 91.7 Å². The van der Waals surface area contributed by atoms with Crippen molar-refractivity contribution >= 4 is 27.3 Å². The molecule has 1 rings (SSSR count). The molecule has 0 saturated carbocycles. The monoisotopic (exact) mass is 262 g/mol. The van der Waals surface area contributed by atoms with Gasteiger partial charge in [-0.15, -0.1) is 11.3 Å². The molecule has 0 aromatic carbocycles. The van der Waals surface area contributed by atoms with Gasteiger partial charge >= 0.3 is 0 Å². The van der Waals surface area contributed by atoms with E-state index in [1.165, 1.54) is 5.01 Å². The highest BCUT2D eigenvalue weighted by atomic mass is 79.9. The van der Waals surface area contributed by atoms with E-state index in [2.05, 4.69) is 40.1 Å². The Bertz CT molecular complexity index is 260. The first-order chi connectivity index (χ1) is 6.15. The second-order valence-electron chi connectivity index (χ2n) is 3.36. The van der Waals surface area contributed by atoms with Crippen LogP contribution in [0.5, 0.6) is 0 Å². The molecular formula is C9H15BrN2S. The van der Waals surface area contributed by atoms with Gasteiger partial charge in [0.1, 0.15) is 5.01 Å². The molecule has 0 saturated heterocycles. The summed E-state index contributed by atoms with van der Waals surface area (Å²) in [6.45, 7) is 5.05. The Morgan fingerprint density at radius 3 is 2.85 bits per heavy atom. The molecular weight excluding hydrogens is 248 g/mol. The minimum atomic E-state index is 0.379. The highest BCUT2D eigenvalue weighted by Gasteiger charge is 2.15. The number of thiazole rings is 1. The standard InChI is InChI=1S/C9H15BrN2S/c1-6(2)8(10)9-12-7(3-4-11)5-13-9/h5-6,8H,3-4,11H2,1-2H3. The van der Waals surface area contributed by atoms with Crippen LogP contribution >= 0.6 is 27.3 Å². The number of halogens is 1. The highest BCUT2D eigenvalue weighted by Crippen LogP contribution is 2.32. The van der Waals surface area contributed by atoms with Crippen LogP contribution in [0.25, 0.3) is 0 Å². The van der Waals surface area contributed by atoms with E-state index in [9.17, 15) is 0 Å². The Hall–Kier alpha value is 0.0700. The van der Waals surface area contributed by atoms with Gasteiger partial charge in [0.25, 0.3) is 0 Å². The maximum atomic E-state index is 5.46. The lowest BCUT2D eigenvalue weighted by Gasteiger charge is -2.09. The van der Waals surface area contributed by atoms with Crippen LogP contribution in [0, 0.1) is 5.92 Å². The molecule has 0 fully saturated rings. The van der Waals surface area contributed by atoms with Crippen LogP contribution in [0.4, 0.5) is 0 Å². The third kappa shape index (κ3) is 3.04. The van der Waals surface area contributed by atoms with Crippen molar-refractivity contribution in [3.63, 3.8) is 0 Å². The number of alkyl halides is 1. The summed E-state index contributed by atoms with van der Waals surface area (Å²) >= 11 is 5.34. The van der Waals surface area contributed by atoms with E-state index in [0.29, 0.717) is 17.3 Å². The average Bonchev–Trinajstić information content (AvgIpc) is 2.52. The lowest BCUT2D eigenvalue weighted by molar-refractivity contribution is 0.636. The average molecular weight is 263 g/mol. The normalized spacial score (nSPS) is 13.6. The van der Waals surface area contributed by atoms with Crippen molar-refractivity contribution in [1.82, 2.24) is 4.98 Å². The molecule has 2 nitrogen and oxygen atoms in total. The maximum absolute atomic E-state index is 5.46. The molecule has 0 radical (unpaired) electrons. The molecule has 0 aliphatic rings. The summed E-state index contributed by atoms with van der Waals surface area (Å²) in [7, 11) is 0. The van der Waals surface area contributed by atoms with Gasteiger partial charge in [-0.25, -0.2) is 4.98 Å². The molecule has 1 heterocycles. The van der Waals surface area contributed by atoms with Crippen molar-refractivity contribution in [3.8, 4) is 0 Å². The Morgan fingerprint density at radius 1 is 1.62 bits per heavy atom. The van der Waals surface area contributed by atoms with Crippen molar-refractivity contribution in [2.75, 3.05) is 6.54 Å². The topological polar surface area (TPSA) is 38.9 Å². The van der Waals surface area contributed by atoms with E-state index >= 15 is 0 Å².